The van der Waals surface area contributed by atoms with E-state index in [1.54, 1.807) is 0 Å². The number of nitrogens with one attached hydrogen (secondary N) is 1. The highest BCUT2D eigenvalue weighted by molar-refractivity contribution is 7.47. The number of carbonyl (C=O) groups is 2. The van der Waals surface area contributed by atoms with Gasteiger partial charge in [-0.15, -0.1) is 0 Å². The Balaban J connectivity index is 5.37. The molecule has 10 heteroatoms. The lowest BCUT2D eigenvalue weighted by Crippen LogP contribution is -2.47. The molecule has 0 aromatic carbocycles. The third kappa shape index (κ3) is 47.3. The number of carbonyl (C=O) groups excluding carboxylic acids is 2. The van der Waals surface area contributed by atoms with Gasteiger partial charge in [-0.25, -0.2) is 4.57 Å². The van der Waals surface area contributed by atoms with Gasteiger partial charge >= 0.3 is 13.8 Å². The highest BCUT2D eigenvalue weighted by Crippen LogP contribution is 2.43. The first kappa shape index (κ1) is 64.2. The Kier molecular flexibility index (Phi) is 45.7. The zero-order valence-electron chi connectivity index (χ0n) is 44.2. The van der Waals surface area contributed by atoms with Crippen molar-refractivity contribution < 1.29 is 37.3 Å². The Morgan fingerprint density at radius 3 is 1.30 bits per heavy atom. The molecular weight excluding hydrogens is 844 g/mol. The fourth-order valence-corrected chi connectivity index (χ4v) is 8.66. The van der Waals surface area contributed by atoms with Crippen LogP contribution in [0, 0.1) is 0 Å². The van der Waals surface area contributed by atoms with Crippen LogP contribution >= 0.6 is 7.82 Å². The number of phosphoric ester groups is 1. The number of nitrogens with zero attached hydrogens (tertiary/aromatic N) is 1. The molecule has 66 heavy (non-hydrogen) atoms. The second-order valence-corrected chi connectivity index (χ2v) is 21.6. The van der Waals surface area contributed by atoms with Gasteiger partial charge in [-0.1, -0.05) is 199 Å². The summed E-state index contributed by atoms with van der Waals surface area (Å²) in [6.45, 7) is 6.98. The van der Waals surface area contributed by atoms with Gasteiger partial charge in [0.05, 0.1) is 33.8 Å². The first-order valence-electron chi connectivity index (χ1n) is 27.8. The molecule has 0 saturated carbocycles. The molecule has 0 spiro atoms. The Morgan fingerprint density at radius 1 is 0.515 bits per heavy atom. The number of allylic oxidation sites excluding steroid dienone is 5. The molecule has 0 saturated heterocycles. The van der Waals surface area contributed by atoms with Crippen LogP contribution in [0.5, 0.6) is 0 Å². The molecular formula is C56H108N2O7P+. The van der Waals surface area contributed by atoms with E-state index in [-0.39, 0.29) is 31.5 Å². The third-order valence-corrected chi connectivity index (χ3v) is 13.3. The topological polar surface area (TPSA) is 111 Å². The number of esters is 1. The Morgan fingerprint density at radius 2 is 0.879 bits per heavy atom. The lowest BCUT2D eigenvalue weighted by atomic mass is 10.1. The fourth-order valence-electron chi connectivity index (χ4n) is 7.93. The summed E-state index contributed by atoms with van der Waals surface area (Å²) in [5.41, 5.74) is 0. The van der Waals surface area contributed by atoms with E-state index < -0.39 is 20.0 Å². The molecule has 0 bridgehead atoms. The molecule has 0 heterocycles. The number of amides is 1. The number of hydrogen-bond donors (Lipinski definition) is 2. The summed E-state index contributed by atoms with van der Waals surface area (Å²) in [7, 11) is 1.49. The Hall–Kier alpha value is -1.77. The minimum Gasteiger partial charge on any atom is -0.456 e. The monoisotopic (exact) mass is 952 g/mol. The summed E-state index contributed by atoms with van der Waals surface area (Å²) in [6, 6.07) is -0.854. The van der Waals surface area contributed by atoms with Gasteiger partial charge < -0.3 is 19.4 Å². The number of quaternary nitrogens is 1. The van der Waals surface area contributed by atoms with Crippen molar-refractivity contribution in [1.82, 2.24) is 5.32 Å². The fraction of sp³-hybridized carbons (Fsp3) is 0.857. The molecule has 9 nitrogen and oxygen atoms in total. The molecule has 0 radical (unpaired) electrons. The maximum Gasteiger partial charge on any atom is 0.472 e. The van der Waals surface area contributed by atoms with E-state index in [4.69, 9.17) is 13.8 Å². The van der Waals surface area contributed by atoms with E-state index in [0.29, 0.717) is 23.9 Å². The number of phosphoric acid groups is 1. The summed E-state index contributed by atoms with van der Waals surface area (Å²) >= 11 is 0. The van der Waals surface area contributed by atoms with E-state index in [0.717, 1.165) is 83.5 Å². The third-order valence-electron chi connectivity index (χ3n) is 12.3. The van der Waals surface area contributed by atoms with Crippen molar-refractivity contribution in [2.24, 2.45) is 0 Å². The van der Waals surface area contributed by atoms with Crippen molar-refractivity contribution in [2.45, 2.75) is 270 Å². The zero-order valence-corrected chi connectivity index (χ0v) is 45.1. The van der Waals surface area contributed by atoms with Crippen LogP contribution in [0.25, 0.3) is 0 Å². The minimum atomic E-state index is -4.44. The van der Waals surface area contributed by atoms with Crippen LogP contribution in [0.15, 0.2) is 36.5 Å². The van der Waals surface area contributed by atoms with E-state index in [9.17, 15) is 19.0 Å². The first-order valence-corrected chi connectivity index (χ1v) is 29.3. The average Bonchev–Trinajstić information content (AvgIpc) is 3.27. The van der Waals surface area contributed by atoms with E-state index >= 15 is 0 Å². The van der Waals surface area contributed by atoms with Crippen LogP contribution in [0.1, 0.15) is 258 Å². The number of rotatable bonds is 50. The molecule has 0 fully saturated rings. The van der Waals surface area contributed by atoms with Crippen LogP contribution in [0.2, 0.25) is 0 Å². The molecule has 0 aliphatic carbocycles. The van der Waals surface area contributed by atoms with Crippen LogP contribution in [0.4, 0.5) is 0 Å². The molecule has 3 atom stereocenters. The van der Waals surface area contributed by atoms with E-state index in [1.807, 2.05) is 33.3 Å². The highest BCUT2D eigenvalue weighted by atomic mass is 31.2. The molecule has 388 valence electrons. The van der Waals surface area contributed by atoms with Crippen LogP contribution in [-0.2, 0) is 27.9 Å². The quantitative estimate of drug-likeness (QED) is 0.0205. The van der Waals surface area contributed by atoms with E-state index in [2.05, 4.69) is 50.4 Å². The predicted octanol–water partition coefficient (Wildman–Crippen LogP) is 16.4. The zero-order chi connectivity index (χ0) is 48.7. The van der Waals surface area contributed by atoms with Gasteiger partial charge in [0.2, 0.25) is 5.91 Å². The van der Waals surface area contributed by atoms with Gasteiger partial charge in [0.1, 0.15) is 19.3 Å². The molecule has 0 aromatic rings. The molecule has 0 aliphatic rings. The van der Waals surface area contributed by atoms with Crippen LogP contribution < -0.4 is 5.32 Å². The van der Waals surface area contributed by atoms with Gasteiger partial charge in [-0.2, -0.15) is 0 Å². The van der Waals surface area contributed by atoms with Gasteiger partial charge in [-0.3, -0.25) is 18.6 Å². The molecule has 1 amide bonds. The van der Waals surface area contributed by atoms with Crippen molar-refractivity contribution in [3.8, 4) is 0 Å². The Labute approximate surface area is 408 Å². The summed E-state index contributed by atoms with van der Waals surface area (Å²) < 4.78 is 30.5. The van der Waals surface area contributed by atoms with E-state index in [1.165, 1.54) is 135 Å². The first-order chi connectivity index (χ1) is 31.9. The minimum absolute atomic E-state index is 0.0375. The largest absolute Gasteiger partial charge is 0.472 e. The second kappa shape index (κ2) is 46.9. The van der Waals surface area contributed by atoms with Crippen LogP contribution in [0.3, 0.4) is 0 Å². The van der Waals surface area contributed by atoms with Gasteiger partial charge in [0.15, 0.2) is 0 Å². The van der Waals surface area contributed by atoms with Crippen molar-refractivity contribution in [1.29, 1.82) is 0 Å². The lowest BCUT2D eigenvalue weighted by molar-refractivity contribution is -0.870. The van der Waals surface area contributed by atoms with Crippen molar-refractivity contribution in [2.75, 3.05) is 40.9 Å². The number of ether oxygens (including phenoxy) is 1. The molecule has 0 aromatic heterocycles. The van der Waals surface area contributed by atoms with Crippen molar-refractivity contribution in [3.05, 3.63) is 36.5 Å². The standard InChI is InChI=1S/C56H107N2O7P/c1-7-10-13-16-19-22-25-27-28-29-31-33-36-39-42-45-48-55(59)57-53(52-64-66(61,62)63-51-50-58(4,5)6)54(47-44-41-38-35-32-24-21-18-15-12-9-3)65-56(60)49-46-43-40-37-34-30-26-23-20-17-14-11-8-2/h28-30,34,44,47,53-54H,7-27,31-33,35-43,45-46,48-52H2,1-6H3,(H-,57,59,61,62)/p+1/b29-28+,34-30-,47-44+. The van der Waals surface area contributed by atoms with Crippen molar-refractivity contribution >= 4 is 19.7 Å². The van der Waals surface area contributed by atoms with Crippen LogP contribution in [-0.4, -0.2) is 74.3 Å². The maximum absolute atomic E-state index is 13.5. The molecule has 3 unspecified atom stereocenters. The Bertz CT molecular complexity index is 1230. The summed E-state index contributed by atoms with van der Waals surface area (Å²) in [5.74, 6) is -0.529. The normalized spacial score (nSPS) is 14.1. The molecule has 0 aliphatic heterocycles. The average molecular weight is 952 g/mol. The van der Waals surface area contributed by atoms with Gasteiger partial charge in [-0.05, 0) is 83.1 Å². The summed E-state index contributed by atoms with van der Waals surface area (Å²) in [5, 5.41) is 3.03. The predicted molar refractivity (Wildman–Crippen MR) is 282 cm³/mol. The summed E-state index contributed by atoms with van der Waals surface area (Å²) in [6.07, 6.45) is 54.2. The molecule has 0 rings (SSSR count). The molecule has 2 N–H and O–H groups in total. The number of unbranched alkanes of at least 4 members (excludes halogenated alkanes) is 30. The van der Waals surface area contributed by atoms with Gasteiger partial charge in [0, 0.05) is 12.8 Å². The number of likely N-dealkylation sites (N-methyl/N-ethyl adjacent to an activating group) is 1. The SMILES string of the molecule is CCCCCCCC/C=C\CCCCCC(=O)OC(/C=C/CCCCCCCCCCC)C(COP(=O)(O)OCC[N+](C)(C)C)NC(=O)CCCCCCC/C=C/CCCCCCCCC. The maximum atomic E-state index is 13.5. The number of hydrogen-bond acceptors (Lipinski definition) is 6. The lowest BCUT2D eigenvalue weighted by Gasteiger charge is -2.27. The highest BCUT2D eigenvalue weighted by Gasteiger charge is 2.30. The smallest absolute Gasteiger partial charge is 0.456 e. The summed E-state index contributed by atoms with van der Waals surface area (Å²) in [4.78, 5) is 37.5. The second-order valence-electron chi connectivity index (χ2n) is 20.1. The van der Waals surface area contributed by atoms with Crippen molar-refractivity contribution in [3.63, 3.8) is 0 Å². The van der Waals surface area contributed by atoms with Gasteiger partial charge in [0.25, 0.3) is 0 Å².